The van der Waals surface area contributed by atoms with Gasteiger partial charge in [0.05, 0.1) is 6.10 Å². The van der Waals surface area contributed by atoms with Crippen LogP contribution in [0.1, 0.15) is 25.3 Å². The van der Waals surface area contributed by atoms with Crippen LogP contribution in [0.5, 0.6) is 5.75 Å². The summed E-state index contributed by atoms with van der Waals surface area (Å²) in [6, 6.07) is 6.78. The van der Waals surface area contributed by atoms with Crippen molar-refractivity contribution in [1.82, 2.24) is 4.90 Å². The third kappa shape index (κ3) is 4.42. The number of piperidine rings is 1. The third-order valence-electron chi connectivity index (χ3n) is 3.87. The van der Waals surface area contributed by atoms with Crippen LogP contribution in [0.15, 0.2) is 24.3 Å². The van der Waals surface area contributed by atoms with E-state index in [1.54, 1.807) is 12.1 Å². The van der Waals surface area contributed by atoms with E-state index in [9.17, 15) is 13.9 Å². The average molecular weight is 285 g/mol. The molecule has 5 heteroatoms. The number of hydrogen-bond donors (Lipinski definition) is 1. The van der Waals surface area contributed by atoms with E-state index in [4.69, 9.17) is 0 Å². The van der Waals surface area contributed by atoms with Crippen LogP contribution in [0.2, 0.25) is 0 Å². The number of benzene rings is 1. The van der Waals surface area contributed by atoms with Crippen LogP contribution in [0.3, 0.4) is 0 Å². The van der Waals surface area contributed by atoms with Crippen molar-refractivity contribution >= 4 is 0 Å². The van der Waals surface area contributed by atoms with Crippen LogP contribution >= 0.6 is 0 Å². The van der Waals surface area contributed by atoms with E-state index in [0.717, 1.165) is 38.0 Å². The van der Waals surface area contributed by atoms with E-state index in [1.165, 1.54) is 0 Å². The fourth-order valence-electron chi connectivity index (χ4n) is 2.63. The van der Waals surface area contributed by atoms with Gasteiger partial charge in [-0.1, -0.05) is 12.1 Å². The standard InChI is InChI=1S/C15H21F2NO2/c1-11(19)13-6-8-18(9-7-13)10-12-2-4-14(5-3-12)20-15(16)17/h2-5,11,13,15,19H,6-10H2,1H3. The van der Waals surface area contributed by atoms with Crippen LogP contribution < -0.4 is 4.74 Å². The molecule has 0 radical (unpaired) electrons. The number of ether oxygens (including phenoxy) is 1. The molecule has 0 aromatic heterocycles. The van der Waals surface area contributed by atoms with Crippen molar-refractivity contribution in [2.75, 3.05) is 13.1 Å². The highest BCUT2D eigenvalue weighted by atomic mass is 19.3. The highest BCUT2D eigenvalue weighted by molar-refractivity contribution is 5.27. The van der Waals surface area contributed by atoms with Crippen LogP contribution in [0.25, 0.3) is 0 Å². The van der Waals surface area contributed by atoms with E-state index in [2.05, 4.69) is 9.64 Å². The second kappa shape index (κ2) is 6.99. The molecule has 20 heavy (non-hydrogen) atoms. The number of aliphatic hydroxyl groups is 1. The quantitative estimate of drug-likeness (QED) is 0.903. The molecule has 0 amide bonds. The number of hydrogen-bond acceptors (Lipinski definition) is 3. The summed E-state index contributed by atoms with van der Waals surface area (Å²) >= 11 is 0. The van der Waals surface area contributed by atoms with Gasteiger partial charge in [0.2, 0.25) is 0 Å². The highest BCUT2D eigenvalue weighted by Crippen LogP contribution is 2.22. The van der Waals surface area contributed by atoms with Crippen molar-refractivity contribution < 1.29 is 18.6 Å². The normalized spacial score (nSPS) is 19.2. The summed E-state index contributed by atoms with van der Waals surface area (Å²) < 4.78 is 28.4. The average Bonchev–Trinajstić information content (AvgIpc) is 2.41. The zero-order valence-electron chi connectivity index (χ0n) is 11.6. The van der Waals surface area contributed by atoms with Gasteiger partial charge in [-0.2, -0.15) is 8.78 Å². The summed E-state index contributed by atoms with van der Waals surface area (Å²) in [7, 11) is 0. The molecule has 1 saturated heterocycles. The maximum Gasteiger partial charge on any atom is 0.387 e. The fraction of sp³-hybridized carbons (Fsp3) is 0.600. The summed E-state index contributed by atoms with van der Waals surface area (Å²) in [6.07, 6.45) is 1.78. The lowest BCUT2D eigenvalue weighted by Gasteiger charge is -2.33. The van der Waals surface area contributed by atoms with Gasteiger partial charge in [0.1, 0.15) is 5.75 Å². The molecule has 2 rings (SSSR count). The Morgan fingerprint density at radius 2 is 1.85 bits per heavy atom. The van der Waals surface area contributed by atoms with Gasteiger partial charge in [0.15, 0.2) is 0 Å². The molecule has 0 bridgehead atoms. The minimum absolute atomic E-state index is 0.191. The molecular weight excluding hydrogens is 264 g/mol. The Labute approximate surface area is 118 Å². The first-order valence-electron chi connectivity index (χ1n) is 6.99. The summed E-state index contributed by atoms with van der Waals surface area (Å²) in [5.74, 6) is 0.588. The van der Waals surface area contributed by atoms with E-state index in [0.29, 0.717) is 5.92 Å². The number of alkyl halides is 2. The SMILES string of the molecule is CC(O)C1CCN(Cc2ccc(OC(F)F)cc2)CC1. The molecular formula is C15H21F2NO2. The topological polar surface area (TPSA) is 32.7 Å². The smallest absolute Gasteiger partial charge is 0.387 e. The van der Waals surface area contributed by atoms with Crippen molar-refractivity contribution in [3.05, 3.63) is 29.8 Å². The van der Waals surface area contributed by atoms with Crippen molar-refractivity contribution in [1.29, 1.82) is 0 Å². The van der Waals surface area contributed by atoms with Crippen molar-refractivity contribution in [3.63, 3.8) is 0 Å². The maximum atomic E-state index is 12.0. The van der Waals surface area contributed by atoms with Gasteiger partial charge in [-0.05, 0) is 56.5 Å². The Bertz CT molecular complexity index is 401. The van der Waals surface area contributed by atoms with E-state index in [1.807, 2.05) is 19.1 Å². The van der Waals surface area contributed by atoms with Gasteiger partial charge in [-0.3, -0.25) is 4.90 Å². The van der Waals surface area contributed by atoms with Gasteiger partial charge in [-0.15, -0.1) is 0 Å². The molecule has 1 unspecified atom stereocenters. The number of aliphatic hydroxyl groups excluding tert-OH is 1. The van der Waals surface area contributed by atoms with E-state index in [-0.39, 0.29) is 11.9 Å². The predicted octanol–water partition coefficient (Wildman–Crippen LogP) is 2.88. The maximum absolute atomic E-state index is 12.0. The van der Waals surface area contributed by atoms with Crippen molar-refractivity contribution in [2.45, 2.75) is 39.0 Å². The van der Waals surface area contributed by atoms with Crippen LogP contribution in [0.4, 0.5) is 8.78 Å². The molecule has 0 saturated carbocycles. The lowest BCUT2D eigenvalue weighted by molar-refractivity contribution is -0.0498. The third-order valence-corrected chi connectivity index (χ3v) is 3.87. The summed E-state index contributed by atoms with van der Waals surface area (Å²) in [6.45, 7) is 1.81. The van der Waals surface area contributed by atoms with Crippen LogP contribution in [-0.2, 0) is 6.54 Å². The van der Waals surface area contributed by atoms with Crippen molar-refractivity contribution in [2.24, 2.45) is 5.92 Å². The Morgan fingerprint density at radius 3 is 2.35 bits per heavy atom. The zero-order chi connectivity index (χ0) is 14.5. The molecule has 1 aliphatic rings. The fourth-order valence-corrected chi connectivity index (χ4v) is 2.63. The van der Waals surface area contributed by atoms with Crippen LogP contribution in [0, 0.1) is 5.92 Å². The second-order valence-corrected chi connectivity index (χ2v) is 5.38. The van der Waals surface area contributed by atoms with Gasteiger partial charge in [0.25, 0.3) is 0 Å². The van der Waals surface area contributed by atoms with Gasteiger partial charge >= 0.3 is 6.61 Å². The number of halogens is 2. The summed E-state index contributed by atoms with van der Waals surface area (Å²) in [4.78, 5) is 2.32. The van der Waals surface area contributed by atoms with Gasteiger partial charge in [-0.25, -0.2) is 0 Å². The van der Waals surface area contributed by atoms with Crippen molar-refractivity contribution in [3.8, 4) is 5.75 Å². The van der Waals surface area contributed by atoms with Gasteiger partial charge in [0, 0.05) is 6.54 Å². The number of rotatable bonds is 5. The van der Waals surface area contributed by atoms with Crippen LogP contribution in [-0.4, -0.2) is 35.8 Å². The summed E-state index contributed by atoms with van der Waals surface area (Å²) in [5.41, 5.74) is 1.09. The molecule has 3 nitrogen and oxygen atoms in total. The minimum Gasteiger partial charge on any atom is -0.435 e. The van der Waals surface area contributed by atoms with Gasteiger partial charge < -0.3 is 9.84 Å². The highest BCUT2D eigenvalue weighted by Gasteiger charge is 2.22. The Morgan fingerprint density at radius 1 is 1.25 bits per heavy atom. The molecule has 1 atom stereocenters. The van der Waals surface area contributed by atoms with E-state index >= 15 is 0 Å². The molecule has 1 heterocycles. The minimum atomic E-state index is -2.78. The lowest BCUT2D eigenvalue weighted by Crippen LogP contribution is -2.36. The second-order valence-electron chi connectivity index (χ2n) is 5.38. The molecule has 1 fully saturated rings. The first kappa shape index (κ1) is 15.2. The molecule has 112 valence electrons. The molecule has 0 spiro atoms. The van der Waals surface area contributed by atoms with E-state index < -0.39 is 6.61 Å². The number of nitrogens with zero attached hydrogens (tertiary/aromatic N) is 1. The number of likely N-dealkylation sites (tertiary alicyclic amines) is 1. The summed E-state index contributed by atoms with van der Waals surface area (Å²) in [5, 5.41) is 9.56. The molecule has 1 aromatic rings. The largest absolute Gasteiger partial charge is 0.435 e. The Balaban J connectivity index is 1.82. The first-order chi connectivity index (χ1) is 9.54. The monoisotopic (exact) mass is 285 g/mol. The molecule has 1 N–H and O–H groups in total. The molecule has 1 aromatic carbocycles. The Kier molecular flexibility index (Phi) is 5.31. The molecule has 1 aliphatic heterocycles. The predicted molar refractivity (Wildman–Crippen MR) is 72.8 cm³/mol. The zero-order valence-corrected chi connectivity index (χ0v) is 11.6. The Hall–Kier alpha value is -1.20. The first-order valence-corrected chi connectivity index (χ1v) is 6.99. The lowest BCUT2D eigenvalue weighted by atomic mass is 9.92. The molecule has 0 aliphatic carbocycles.